The van der Waals surface area contributed by atoms with Crippen LogP contribution in [0.4, 0.5) is 0 Å². The second-order valence-corrected chi connectivity index (χ2v) is 7.27. The maximum absolute atomic E-state index is 12.8. The fraction of sp³-hybridized carbons (Fsp3) is 0.273. The van der Waals surface area contributed by atoms with E-state index in [4.69, 9.17) is 4.74 Å². The molecule has 2 heterocycles. The third kappa shape index (κ3) is 3.33. The van der Waals surface area contributed by atoms with Gasteiger partial charge in [-0.1, -0.05) is 32.0 Å². The van der Waals surface area contributed by atoms with Crippen molar-refractivity contribution in [1.29, 1.82) is 0 Å². The zero-order valence-electron chi connectivity index (χ0n) is 16.3. The van der Waals surface area contributed by atoms with Crippen molar-refractivity contribution in [2.24, 2.45) is 5.92 Å². The number of aromatic nitrogens is 3. The van der Waals surface area contributed by atoms with Crippen molar-refractivity contribution < 1.29 is 9.53 Å². The standard InChI is InChI=1S/C22H24N4O2/c1-14(2)21(22-23-16-7-4-5-8-17(16)24-22)25-20(27)13-26-12-11-15-18(26)9-6-10-19(15)28-3/h4-12,14,21H,13H2,1-3H3,(H,23,24)(H,25,27)/t21-/m0/s1. The highest BCUT2D eigenvalue weighted by atomic mass is 16.5. The summed E-state index contributed by atoms with van der Waals surface area (Å²) in [6, 6.07) is 15.5. The van der Waals surface area contributed by atoms with Gasteiger partial charge in [-0.15, -0.1) is 0 Å². The number of aromatic amines is 1. The van der Waals surface area contributed by atoms with E-state index in [2.05, 4.69) is 29.1 Å². The molecule has 0 saturated heterocycles. The molecule has 0 fully saturated rings. The molecule has 6 heteroatoms. The molecule has 1 atom stereocenters. The molecule has 0 spiro atoms. The molecule has 2 aromatic carbocycles. The zero-order valence-corrected chi connectivity index (χ0v) is 16.3. The Hall–Kier alpha value is -3.28. The number of imidazole rings is 1. The summed E-state index contributed by atoms with van der Waals surface area (Å²) in [5, 5.41) is 4.14. The number of carbonyl (C=O) groups excluding carboxylic acids is 1. The molecule has 0 unspecified atom stereocenters. The van der Waals surface area contributed by atoms with Gasteiger partial charge in [-0.3, -0.25) is 4.79 Å². The molecule has 2 N–H and O–H groups in total. The van der Waals surface area contributed by atoms with E-state index < -0.39 is 0 Å². The molecule has 0 aliphatic carbocycles. The van der Waals surface area contributed by atoms with Crippen molar-refractivity contribution in [2.45, 2.75) is 26.4 Å². The van der Waals surface area contributed by atoms with Crippen LogP contribution in [0.5, 0.6) is 5.75 Å². The SMILES string of the molecule is COc1cccc2c1ccn2CC(=O)N[C@H](c1nc2ccccc2[nH]1)C(C)C. The Morgan fingerprint density at radius 1 is 1.18 bits per heavy atom. The third-order valence-electron chi connectivity index (χ3n) is 4.99. The van der Waals surface area contributed by atoms with Crippen molar-refractivity contribution in [1.82, 2.24) is 19.9 Å². The Balaban J connectivity index is 1.56. The smallest absolute Gasteiger partial charge is 0.240 e. The number of nitrogens with one attached hydrogen (secondary N) is 2. The number of rotatable bonds is 6. The largest absolute Gasteiger partial charge is 0.496 e. The van der Waals surface area contributed by atoms with Gasteiger partial charge >= 0.3 is 0 Å². The van der Waals surface area contributed by atoms with E-state index in [0.29, 0.717) is 0 Å². The van der Waals surface area contributed by atoms with Crippen LogP contribution in [-0.4, -0.2) is 27.6 Å². The number of fused-ring (bicyclic) bond motifs is 2. The molecule has 6 nitrogen and oxygen atoms in total. The first kappa shape index (κ1) is 18.1. The zero-order chi connectivity index (χ0) is 19.7. The molecule has 4 rings (SSSR count). The van der Waals surface area contributed by atoms with E-state index in [9.17, 15) is 4.79 Å². The number of hydrogen-bond acceptors (Lipinski definition) is 3. The average Bonchev–Trinajstić information content (AvgIpc) is 3.29. The number of methoxy groups -OCH3 is 1. The van der Waals surface area contributed by atoms with Gasteiger partial charge in [0.05, 0.1) is 29.7 Å². The van der Waals surface area contributed by atoms with Crippen LogP contribution in [0.1, 0.15) is 25.7 Å². The molecule has 144 valence electrons. The van der Waals surface area contributed by atoms with Crippen LogP contribution >= 0.6 is 0 Å². The first-order valence-electron chi connectivity index (χ1n) is 9.42. The normalized spacial score (nSPS) is 12.6. The average molecular weight is 376 g/mol. The predicted molar refractivity (Wildman–Crippen MR) is 110 cm³/mol. The van der Waals surface area contributed by atoms with Crippen molar-refractivity contribution in [3.63, 3.8) is 0 Å². The Labute approximate surface area is 163 Å². The lowest BCUT2D eigenvalue weighted by Crippen LogP contribution is -2.34. The van der Waals surface area contributed by atoms with Crippen LogP contribution < -0.4 is 10.1 Å². The van der Waals surface area contributed by atoms with Crippen LogP contribution in [0, 0.1) is 5.92 Å². The second kappa shape index (κ2) is 7.38. The Bertz CT molecular complexity index is 1090. The van der Waals surface area contributed by atoms with Gasteiger partial charge in [0.2, 0.25) is 5.91 Å². The predicted octanol–water partition coefficient (Wildman–Crippen LogP) is 4.04. The molecule has 2 aromatic heterocycles. The Morgan fingerprint density at radius 2 is 2.00 bits per heavy atom. The van der Waals surface area contributed by atoms with Crippen molar-refractivity contribution >= 4 is 27.8 Å². The highest BCUT2D eigenvalue weighted by Gasteiger charge is 2.22. The molecular formula is C22H24N4O2. The highest BCUT2D eigenvalue weighted by molar-refractivity contribution is 5.88. The molecule has 0 radical (unpaired) electrons. The van der Waals surface area contributed by atoms with E-state index in [0.717, 1.165) is 33.5 Å². The maximum atomic E-state index is 12.8. The summed E-state index contributed by atoms with van der Waals surface area (Å²) in [5.74, 6) is 1.73. The van der Waals surface area contributed by atoms with Crippen LogP contribution in [0.2, 0.25) is 0 Å². The summed E-state index contributed by atoms with van der Waals surface area (Å²) in [7, 11) is 1.65. The van der Waals surface area contributed by atoms with E-state index in [1.54, 1.807) is 7.11 Å². The Kier molecular flexibility index (Phi) is 4.77. The molecule has 0 aliphatic heterocycles. The van der Waals surface area contributed by atoms with Crippen LogP contribution in [0.25, 0.3) is 21.9 Å². The number of carbonyl (C=O) groups is 1. The number of benzene rings is 2. The number of nitrogens with zero attached hydrogens (tertiary/aromatic N) is 2. The minimum absolute atomic E-state index is 0.0560. The van der Waals surface area contributed by atoms with Gasteiger partial charge in [0.25, 0.3) is 0 Å². The fourth-order valence-electron chi connectivity index (χ4n) is 3.56. The van der Waals surface area contributed by atoms with Crippen molar-refractivity contribution in [3.8, 4) is 5.75 Å². The van der Waals surface area contributed by atoms with E-state index >= 15 is 0 Å². The molecule has 1 amide bonds. The van der Waals surface area contributed by atoms with Crippen LogP contribution in [0.3, 0.4) is 0 Å². The van der Waals surface area contributed by atoms with Gasteiger partial charge in [-0.25, -0.2) is 4.98 Å². The first-order valence-corrected chi connectivity index (χ1v) is 9.42. The number of para-hydroxylation sites is 2. The lowest BCUT2D eigenvalue weighted by Gasteiger charge is -2.20. The molecular weight excluding hydrogens is 352 g/mol. The van der Waals surface area contributed by atoms with Crippen molar-refractivity contribution in [3.05, 3.63) is 60.6 Å². The highest BCUT2D eigenvalue weighted by Crippen LogP contribution is 2.26. The topological polar surface area (TPSA) is 71.9 Å². The van der Waals surface area contributed by atoms with Gasteiger partial charge in [0, 0.05) is 11.6 Å². The number of H-pyrrole nitrogens is 1. The molecule has 0 saturated carbocycles. The summed E-state index contributed by atoms with van der Waals surface area (Å²) >= 11 is 0. The first-order chi connectivity index (χ1) is 13.6. The van der Waals surface area contributed by atoms with Gasteiger partial charge in [-0.2, -0.15) is 0 Å². The minimum Gasteiger partial charge on any atom is -0.496 e. The number of amides is 1. The van der Waals surface area contributed by atoms with Gasteiger partial charge in [-0.05, 0) is 36.2 Å². The third-order valence-corrected chi connectivity index (χ3v) is 4.99. The quantitative estimate of drug-likeness (QED) is 0.533. The summed E-state index contributed by atoms with van der Waals surface area (Å²) in [6.07, 6.45) is 1.92. The van der Waals surface area contributed by atoms with E-state index in [-0.39, 0.29) is 24.4 Å². The van der Waals surface area contributed by atoms with Crippen LogP contribution in [-0.2, 0) is 11.3 Å². The molecule has 0 bridgehead atoms. The molecule has 0 aliphatic rings. The lowest BCUT2D eigenvalue weighted by molar-refractivity contribution is -0.122. The number of ether oxygens (including phenoxy) is 1. The van der Waals surface area contributed by atoms with E-state index in [1.807, 2.05) is 59.3 Å². The summed E-state index contributed by atoms with van der Waals surface area (Å²) in [6.45, 7) is 4.39. The Morgan fingerprint density at radius 3 is 2.75 bits per heavy atom. The second-order valence-electron chi connectivity index (χ2n) is 7.27. The molecule has 4 aromatic rings. The van der Waals surface area contributed by atoms with Gasteiger partial charge in [0.1, 0.15) is 18.1 Å². The monoisotopic (exact) mass is 376 g/mol. The summed E-state index contributed by atoms with van der Waals surface area (Å²) in [4.78, 5) is 20.8. The summed E-state index contributed by atoms with van der Waals surface area (Å²) in [5.41, 5.74) is 2.85. The van der Waals surface area contributed by atoms with Crippen molar-refractivity contribution in [2.75, 3.05) is 7.11 Å². The fourth-order valence-corrected chi connectivity index (χ4v) is 3.56. The summed E-state index contributed by atoms with van der Waals surface area (Å²) < 4.78 is 7.34. The lowest BCUT2D eigenvalue weighted by atomic mass is 10.0. The van der Waals surface area contributed by atoms with E-state index in [1.165, 1.54) is 0 Å². The minimum atomic E-state index is -0.184. The number of hydrogen-bond donors (Lipinski definition) is 2. The molecule has 28 heavy (non-hydrogen) atoms. The van der Waals surface area contributed by atoms with Gasteiger partial charge < -0.3 is 19.6 Å². The van der Waals surface area contributed by atoms with Gasteiger partial charge in [0.15, 0.2) is 0 Å². The maximum Gasteiger partial charge on any atom is 0.240 e. The van der Waals surface area contributed by atoms with Crippen LogP contribution in [0.15, 0.2) is 54.7 Å².